The maximum absolute atomic E-state index is 10.5. The molecule has 0 unspecified atom stereocenters. The lowest BCUT2D eigenvalue weighted by molar-refractivity contribution is -0.135. The van der Waals surface area contributed by atoms with Crippen molar-refractivity contribution in [2.45, 2.75) is 19.3 Å². The van der Waals surface area contributed by atoms with Crippen LogP contribution in [0.25, 0.3) is 0 Å². The summed E-state index contributed by atoms with van der Waals surface area (Å²) in [6.07, 6.45) is 3.94. The number of hydrogen-bond acceptors (Lipinski definition) is 2. The molecule has 13 heavy (non-hydrogen) atoms. The predicted molar refractivity (Wildman–Crippen MR) is 47.4 cm³/mol. The average molecular weight is 184 g/mol. The summed E-state index contributed by atoms with van der Waals surface area (Å²) >= 11 is 0. The van der Waals surface area contributed by atoms with Gasteiger partial charge < -0.3 is 10.2 Å². The number of carboxylic acid groups (broad SMARTS) is 2. The highest BCUT2D eigenvalue weighted by atomic mass is 16.4. The Labute approximate surface area is 76.2 Å². The number of rotatable bonds is 6. The van der Waals surface area contributed by atoms with Gasteiger partial charge in [-0.3, -0.25) is 0 Å². The molecule has 0 aliphatic carbocycles. The van der Waals surface area contributed by atoms with Crippen LogP contribution in [0.2, 0.25) is 0 Å². The Hall–Kier alpha value is -1.58. The molecule has 0 saturated carbocycles. The SMILES string of the molecule is C=CCCCC(=CC(=O)O)C(=O)O. The number of aliphatic carboxylic acids is 2. The van der Waals surface area contributed by atoms with Crippen molar-refractivity contribution >= 4 is 11.9 Å². The molecular formula is C9H12O4. The maximum Gasteiger partial charge on any atom is 0.331 e. The third-order valence-electron chi connectivity index (χ3n) is 1.43. The largest absolute Gasteiger partial charge is 0.478 e. The van der Waals surface area contributed by atoms with Crippen molar-refractivity contribution in [1.29, 1.82) is 0 Å². The normalized spacial score (nSPS) is 10.9. The molecule has 0 aliphatic rings. The Morgan fingerprint density at radius 2 is 1.92 bits per heavy atom. The first-order valence-corrected chi connectivity index (χ1v) is 3.85. The quantitative estimate of drug-likeness (QED) is 0.372. The molecule has 0 aromatic carbocycles. The number of allylic oxidation sites excluding steroid dienone is 1. The van der Waals surface area contributed by atoms with Gasteiger partial charge in [-0.15, -0.1) is 6.58 Å². The van der Waals surface area contributed by atoms with Gasteiger partial charge in [-0.2, -0.15) is 0 Å². The van der Waals surface area contributed by atoms with Crippen LogP contribution in [0.5, 0.6) is 0 Å². The van der Waals surface area contributed by atoms with Crippen molar-refractivity contribution in [3.05, 3.63) is 24.3 Å². The molecule has 0 heterocycles. The minimum atomic E-state index is -1.23. The summed E-state index contributed by atoms with van der Waals surface area (Å²) in [5, 5.41) is 16.9. The van der Waals surface area contributed by atoms with Crippen LogP contribution in [-0.4, -0.2) is 22.2 Å². The monoisotopic (exact) mass is 184 g/mol. The van der Waals surface area contributed by atoms with E-state index in [1.165, 1.54) is 0 Å². The first-order chi connectivity index (χ1) is 6.07. The number of hydrogen-bond donors (Lipinski definition) is 2. The summed E-state index contributed by atoms with van der Waals surface area (Å²) in [5.74, 6) is -2.40. The Morgan fingerprint density at radius 3 is 2.31 bits per heavy atom. The van der Waals surface area contributed by atoms with Crippen molar-refractivity contribution in [1.82, 2.24) is 0 Å². The lowest BCUT2D eigenvalue weighted by atomic mass is 10.1. The van der Waals surface area contributed by atoms with E-state index in [4.69, 9.17) is 10.2 Å². The molecule has 4 nitrogen and oxygen atoms in total. The Kier molecular flexibility index (Phi) is 5.27. The molecule has 0 aliphatic heterocycles. The summed E-state index contributed by atoms with van der Waals surface area (Å²) in [6, 6.07) is 0. The maximum atomic E-state index is 10.5. The molecule has 0 rings (SSSR count). The molecule has 2 N–H and O–H groups in total. The van der Waals surface area contributed by atoms with Crippen molar-refractivity contribution < 1.29 is 19.8 Å². The number of unbranched alkanes of at least 4 members (excludes halogenated alkanes) is 1. The van der Waals surface area contributed by atoms with Gasteiger partial charge in [0.1, 0.15) is 0 Å². The van der Waals surface area contributed by atoms with E-state index in [9.17, 15) is 9.59 Å². The predicted octanol–water partition coefficient (Wildman–Crippen LogP) is 1.44. The molecule has 0 spiro atoms. The third kappa shape index (κ3) is 5.66. The van der Waals surface area contributed by atoms with E-state index < -0.39 is 11.9 Å². The van der Waals surface area contributed by atoms with E-state index in [1.807, 2.05) is 0 Å². The topological polar surface area (TPSA) is 74.6 Å². The molecule has 0 amide bonds. The van der Waals surface area contributed by atoms with Crippen LogP contribution in [0.15, 0.2) is 24.3 Å². The van der Waals surface area contributed by atoms with E-state index in [2.05, 4.69) is 6.58 Å². The van der Waals surface area contributed by atoms with Crippen LogP contribution in [0.3, 0.4) is 0 Å². The molecule has 72 valence electrons. The molecule has 0 fully saturated rings. The fourth-order valence-electron chi connectivity index (χ4n) is 0.827. The highest BCUT2D eigenvalue weighted by Gasteiger charge is 2.08. The Bertz CT molecular complexity index is 240. The van der Waals surface area contributed by atoms with Gasteiger partial charge in [-0.25, -0.2) is 9.59 Å². The lowest BCUT2D eigenvalue weighted by Gasteiger charge is -1.98. The summed E-state index contributed by atoms with van der Waals surface area (Å²) in [7, 11) is 0. The molecule has 0 aromatic heterocycles. The van der Waals surface area contributed by atoms with E-state index in [-0.39, 0.29) is 12.0 Å². The minimum Gasteiger partial charge on any atom is -0.478 e. The van der Waals surface area contributed by atoms with Crippen LogP contribution in [0.1, 0.15) is 19.3 Å². The molecular weight excluding hydrogens is 172 g/mol. The van der Waals surface area contributed by atoms with Gasteiger partial charge in [0.25, 0.3) is 0 Å². The summed E-state index contributed by atoms with van der Waals surface area (Å²) in [5.41, 5.74) is -0.0747. The zero-order valence-electron chi connectivity index (χ0n) is 7.19. The van der Waals surface area contributed by atoms with Gasteiger partial charge in [0.15, 0.2) is 0 Å². The van der Waals surface area contributed by atoms with Gasteiger partial charge in [0.05, 0.1) is 0 Å². The molecule has 0 saturated heterocycles. The Balaban J connectivity index is 4.18. The fourth-order valence-corrected chi connectivity index (χ4v) is 0.827. The second-order valence-electron chi connectivity index (χ2n) is 2.49. The average Bonchev–Trinajstić information content (AvgIpc) is 2.02. The van der Waals surface area contributed by atoms with Gasteiger partial charge in [0.2, 0.25) is 0 Å². The minimum absolute atomic E-state index is 0.0747. The van der Waals surface area contributed by atoms with Crippen LogP contribution < -0.4 is 0 Å². The third-order valence-corrected chi connectivity index (χ3v) is 1.43. The van der Waals surface area contributed by atoms with E-state index in [0.29, 0.717) is 12.8 Å². The molecule has 0 radical (unpaired) electrons. The lowest BCUT2D eigenvalue weighted by Crippen LogP contribution is -2.03. The molecule has 0 aromatic rings. The molecule has 0 bridgehead atoms. The van der Waals surface area contributed by atoms with E-state index in [1.54, 1.807) is 6.08 Å². The second kappa shape index (κ2) is 5.99. The van der Waals surface area contributed by atoms with Crippen molar-refractivity contribution in [2.75, 3.05) is 0 Å². The number of carboxylic acids is 2. The standard InChI is InChI=1S/C9H12O4/c1-2-3-4-5-7(9(12)13)6-8(10)11/h2,6H,1,3-5H2,(H,10,11)(H,12,13). The zero-order chi connectivity index (χ0) is 10.3. The Morgan fingerprint density at radius 1 is 1.31 bits per heavy atom. The zero-order valence-corrected chi connectivity index (χ0v) is 7.19. The van der Waals surface area contributed by atoms with E-state index in [0.717, 1.165) is 6.08 Å². The molecule has 4 heteroatoms. The fraction of sp³-hybridized carbons (Fsp3) is 0.333. The first-order valence-electron chi connectivity index (χ1n) is 3.85. The van der Waals surface area contributed by atoms with E-state index >= 15 is 0 Å². The van der Waals surface area contributed by atoms with Crippen LogP contribution in [0.4, 0.5) is 0 Å². The van der Waals surface area contributed by atoms with Crippen molar-refractivity contribution in [3.63, 3.8) is 0 Å². The molecule has 0 atom stereocenters. The van der Waals surface area contributed by atoms with Gasteiger partial charge in [0, 0.05) is 11.6 Å². The summed E-state index contributed by atoms with van der Waals surface area (Å²) in [6.45, 7) is 3.48. The highest BCUT2D eigenvalue weighted by molar-refractivity contribution is 5.94. The van der Waals surface area contributed by atoms with Crippen LogP contribution >= 0.6 is 0 Å². The van der Waals surface area contributed by atoms with Gasteiger partial charge >= 0.3 is 11.9 Å². The van der Waals surface area contributed by atoms with Crippen molar-refractivity contribution in [3.8, 4) is 0 Å². The smallest absolute Gasteiger partial charge is 0.331 e. The number of carbonyl (C=O) groups is 2. The van der Waals surface area contributed by atoms with Crippen molar-refractivity contribution in [2.24, 2.45) is 0 Å². The summed E-state index contributed by atoms with van der Waals surface area (Å²) < 4.78 is 0. The highest BCUT2D eigenvalue weighted by Crippen LogP contribution is 2.07. The van der Waals surface area contributed by atoms with Crippen LogP contribution in [0, 0.1) is 0 Å². The van der Waals surface area contributed by atoms with Crippen LogP contribution in [-0.2, 0) is 9.59 Å². The van der Waals surface area contributed by atoms with Gasteiger partial charge in [-0.1, -0.05) is 6.08 Å². The summed E-state index contributed by atoms with van der Waals surface area (Å²) in [4.78, 5) is 20.7. The first kappa shape index (κ1) is 11.4. The second-order valence-corrected chi connectivity index (χ2v) is 2.49. The van der Waals surface area contributed by atoms with Gasteiger partial charge in [-0.05, 0) is 19.3 Å².